The Balaban J connectivity index is 1.51. The lowest BCUT2D eigenvalue weighted by Gasteiger charge is -2.07. The molecule has 3 rings (SSSR count). The third-order valence-electron chi connectivity index (χ3n) is 3.67. The molecule has 0 atom stereocenters. The molecule has 3 nitrogen and oxygen atoms in total. The molecule has 21 heavy (non-hydrogen) atoms. The van der Waals surface area contributed by atoms with Crippen molar-refractivity contribution in [3.8, 4) is 5.75 Å². The van der Waals surface area contributed by atoms with Gasteiger partial charge in [0.1, 0.15) is 5.75 Å². The zero-order valence-corrected chi connectivity index (χ0v) is 12.2. The van der Waals surface area contributed by atoms with Crippen LogP contribution in [0.5, 0.6) is 5.75 Å². The maximum absolute atomic E-state index is 5.24. The highest BCUT2D eigenvalue weighted by Crippen LogP contribution is 2.14. The van der Waals surface area contributed by atoms with Gasteiger partial charge in [0, 0.05) is 18.3 Å². The predicted octanol–water partition coefficient (Wildman–Crippen LogP) is 3.51. The number of fused-ring (bicyclic) bond motifs is 1. The molecule has 1 aromatic heterocycles. The summed E-state index contributed by atoms with van der Waals surface area (Å²) in [6, 6.07) is 16.9. The van der Waals surface area contributed by atoms with E-state index < -0.39 is 0 Å². The Hall–Kier alpha value is -2.26. The lowest BCUT2D eigenvalue weighted by Crippen LogP contribution is -2.16. The normalized spacial score (nSPS) is 10.9. The van der Waals surface area contributed by atoms with Crippen LogP contribution in [-0.4, -0.2) is 18.6 Å². The molecule has 0 bridgehead atoms. The monoisotopic (exact) mass is 280 g/mol. The number of benzene rings is 2. The minimum atomic E-state index is 0.894. The smallest absolute Gasteiger partial charge is 0.119 e. The van der Waals surface area contributed by atoms with Crippen LogP contribution in [0.15, 0.2) is 54.7 Å². The topological polar surface area (TPSA) is 37.0 Å². The molecule has 3 aromatic rings. The third kappa shape index (κ3) is 3.44. The Bertz CT molecular complexity index is 718. The summed E-state index contributed by atoms with van der Waals surface area (Å²) in [5, 5.41) is 4.76. The number of ether oxygens (including phenoxy) is 1. The first-order valence-electron chi connectivity index (χ1n) is 7.25. The van der Waals surface area contributed by atoms with Gasteiger partial charge in [-0.05, 0) is 59.8 Å². The first kappa shape index (κ1) is 13.7. The van der Waals surface area contributed by atoms with E-state index in [2.05, 4.69) is 46.7 Å². The molecule has 0 aliphatic heterocycles. The molecule has 0 unspecified atom stereocenters. The maximum Gasteiger partial charge on any atom is 0.119 e. The van der Waals surface area contributed by atoms with Crippen LogP contribution in [0.1, 0.15) is 11.1 Å². The van der Waals surface area contributed by atoms with Crippen molar-refractivity contribution in [1.82, 2.24) is 10.3 Å². The highest BCUT2D eigenvalue weighted by molar-refractivity contribution is 5.79. The minimum absolute atomic E-state index is 0.894. The number of rotatable bonds is 6. The molecule has 2 N–H and O–H groups in total. The van der Waals surface area contributed by atoms with Crippen molar-refractivity contribution in [3.05, 3.63) is 65.9 Å². The van der Waals surface area contributed by atoms with Crippen LogP contribution in [0, 0.1) is 0 Å². The van der Waals surface area contributed by atoms with E-state index in [0.717, 1.165) is 25.3 Å². The number of hydrogen-bond donors (Lipinski definition) is 2. The lowest BCUT2D eigenvalue weighted by atomic mass is 10.1. The number of H-pyrrole nitrogens is 1. The van der Waals surface area contributed by atoms with Gasteiger partial charge in [-0.25, -0.2) is 0 Å². The van der Waals surface area contributed by atoms with E-state index >= 15 is 0 Å². The molecule has 0 spiro atoms. The molecule has 0 radical (unpaired) electrons. The summed E-state index contributed by atoms with van der Waals surface area (Å²) in [5.41, 5.74) is 3.80. The van der Waals surface area contributed by atoms with Crippen molar-refractivity contribution in [2.24, 2.45) is 0 Å². The number of aromatic nitrogens is 1. The Morgan fingerprint density at radius 3 is 2.90 bits per heavy atom. The van der Waals surface area contributed by atoms with E-state index in [1.807, 2.05) is 18.3 Å². The molecule has 1 heterocycles. The van der Waals surface area contributed by atoms with Gasteiger partial charge >= 0.3 is 0 Å². The van der Waals surface area contributed by atoms with E-state index in [9.17, 15) is 0 Å². The third-order valence-corrected chi connectivity index (χ3v) is 3.67. The van der Waals surface area contributed by atoms with Crippen LogP contribution in [0.3, 0.4) is 0 Å². The summed E-state index contributed by atoms with van der Waals surface area (Å²) in [5.74, 6) is 0.922. The lowest BCUT2D eigenvalue weighted by molar-refractivity contribution is 0.414. The first-order valence-corrected chi connectivity index (χ1v) is 7.25. The minimum Gasteiger partial charge on any atom is -0.497 e. The van der Waals surface area contributed by atoms with E-state index in [-0.39, 0.29) is 0 Å². The van der Waals surface area contributed by atoms with Gasteiger partial charge in [-0.15, -0.1) is 0 Å². The summed E-state index contributed by atoms with van der Waals surface area (Å²) in [6.07, 6.45) is 2.98. The fraction of sp³-hybridized carbons (Fsp3) is 0.222. The highest BCUT2D eigenvalue weighted by atomic mass is 16.5. The number of aromatic amines is 1. The summed E-state index contributed by atoms with van der Waals surface area (Å²) in [4.78, 5) is 3.21. The molecular formula is C18H20N2O. The molecular weight excluding hydrogens is 260 g/mol. The van der Waals surface area contributed by atoms with Crippen LogP contribution in [0.2, 0.25) is 0 Å². The summed E-state index contributed by atoms with van der Waals surface area (Å²) >= 11 is 0. The molecule has 0 aliphatic rings. The fourth-order valence-electron chi connectivity index (χ4n) is 2.51. The number of hydrogen-bond acceptors (Lipinski definition) is 2. The van der Waals surface area contributed by atoms with E-state index in [0.29, 0.717) is 0 Å². The second-order valence-electron chi connectivity index (χ2n) is 5.18. The maximum atomic E-state index is 5.24. The second-order valence-corrected chi connectivity index (χ2v) is 5.18. The van der Waals surface area contributed by atoms with Crippen molar-refractivity contribution in [1.29, 1.82) is 0 Å². The zero-order valence-electron chi connectivity index (χ0n) is 12.2. The average Bonchev–Trinajstić information content (AvgIpc) is 2.99. The van der Waals surface area contributed by atoms with Gasteiger partial charge in [0.2, 0.25) is 0 Å². The Kier molecular flexibility index (Phi) is 4.22. The fourth-order valence-corrected chi connectivity index (χ4v) is 2.51. The number of nitrogens with one attached hydrogen (secondary N) is 2. The van der Waals surface area contributed by atoms with Gasteiger partial charge in [-0.1, -0.05) is 18.2 Å². The Morgan fingerprint density at radius 1 is 1.05 bits per heavy atom. The van der Waals surface area contributed by atoms with E-state index in [4.69, 9.17) is 4.74 Å². The van der Waals surface area contributed by atoms with Gasteiger partial charge in [-0.3, -0.25) is 0 Å². The summed E-state index contributed by atoms with van der Waals surface area (Å²) < 4.78 is 5.24. The average molecular weight is 280 g/mol. The Labute approximate surface area is 125 Å². The highest BCUT2D eigenvalue weighted by Gasteiger charge is 1.99. The van der Waals surface area contributed by atoms with Crippen molar-refractivity contribution in [2.45, 2.75) is 13.0 Å². The van der Waals surface area contributed by atoms with Crippen molar-refractivity contribution >= 4 is 10.9 Å². The molecule has 0 saturated carbocycles. The van der Waals surface area contributed by atoms with Crippen LogP contribution in [0.4, 0.5) is 0 Å². The van der Waals surface area contributed by atoms with Crippen molar-refractivity contribution in [3.63, 3.8) is 0 Å². The first-order chi connectivity index (χ1) is 10.3. The van der Waals surface area contributed by atoms with Crippen molar-refractivity contribution in [2.75, 3.05) is 13.7 Å². The van der Waals surface area contributed by atoms with Crippen LogP contribution < -0.4 is 10.1 Å². The Morgan fingerprint density at radius 2 is 2.00 bits per heavy atom. The van der Waals surface area contributed by atoms with Crippen LogP contribution in [-0.2, 0) is 13.0 Å². The van der Waals surface area contributed by atoms with Crippen LogP contribution >= 0.6 is 0 Å². The molecule has 0 saturated heterocycles. The molecule has 0 fully saturated rings. The van der Waals surface area contributed by atoms with Gasteiger partial charge in [0.25, 0.3) is 0 Å². The quantitative estimate of drug-likeness (QED) is 0.678. The molecule has 0 amide bonds. The second kappa shape index (κ2) is 6.46. The molecule has 108 valence electrons. The van der Waals surface area contributed by atoms with Gasteiger partial charge in [-0.2, -0.15) is 0 Å². The van der Waals surface area contributed by atoms with Gasteiger partial charge in [0.15, 0.2) is 0 Å². The zero-order chi connectivity index (χ0) is 14.5. The number of methoxy groups -OCH3 is 1. The molecule has 0 aliphatic carbocycles. The SMILES string of the molecule is COc1cccc(CCNCc2ccc3[nH]ccc3c2)c1. The summed E-state index contributed by atoms with van der Waals surface area (Å²) in [6.45, 7) is 1.85. The largest absolute Gasteiger partial charge is 0.497 e. The summed E-state index contributed by atoms with van der Waals surface area (Å²) in [7, 11) is 1.70. The standard InChI is InChI=1S/C18H20N2O/c1-21-17-4-2-3-14(12-17)7-9-19-13-15-5-6-18-16(11-15)8-10-20-18/h2-6,8,10-12,19-20H,7,9,13H2,1H3. The molecule has 3 heteroatoms. The van der Waals surface area contributed by atoms with Gasteiger partial charge < -0.3 is 15.0 Å². The van der Waals surface area contributed by atoms with Crippen LogP contribution in [0.25, 0.3) is 10.9 Å². The van der Waals surface area contributed by atoms with Gasteiger partial charge in [0.05, 0.1) is 7.11 Å². The molecule has 2 aromatic carbocycles. The predicted molar refractivity (Wildman–Crippen MR) is 86.7 cm³/mol. The van der Waals surface area contributed by atoms with E-state index in [1.165, 1.54) is 22.0 Å². The van der Waals surface area contributed by atoms with E-state index in [1.54, 1.807) is 7.11 Å². The van der Waals surface area contributed by atoms with Crippen molar-refractivity contribution < 1.29 is 4.74 Å².